The summed E-state index contributed by atoms with van der Waals surface area (Å²) >= 11 is 0. The molecule has 0 saturated heterocycles. The van der Waals surface area contributed by atoms with Crippen molar-refractivity contribution in [2.24, 2.45) is 0 Å². The average molecular weight is 339 g/mol. The maximum Gasteiger partial charge on any atom is 0.127 e. The smallest absolute Gasteiger partial charge is 0.127 e. The molecule has 0 spiro atoms. The third kappa shape index (κ3) is 3.81. The number of fused-ring (bicyclic) bond motifs is 1. The molecule has 3 rings (SSSR count). The van der Waals surface area contributed by atoms with E-state index in [2.05, 4.69) is 38.7 Å². The van der Waals surface area contributed by atoms with Crippen molar-refractivity contribution in [1.29, 1.82) is 0 Å². The number of phenols is 1. The monoisotopic (exact) mass is 339 g/mol. The van der Waals surface area contributed by atoms with Gasteiger partial charge in [0.2, 0.25) is 0 Å². The highest BCUT2D eigenvalue weighted by Crippen LogP contribution is 2.49. The number of ether oxygens (including phenoxy) is 1. The molecule has 0 saturated carbocycles. The van der Waals surface area contributed by atoms with Crippen LogP contribution in [0.15, 0.2) is 36.7 Å². The van der Waals surface area contributed by atoms with Crippen LogP contribution in [0.2, 0.25) is 0 Å². The fourth-order valence-electron chi connectivity index (χ4n) is 3.84. The van der Waals surface area contributed by atoms with E-state index in [4.69, 9.17) is 4.74 Å². The number of hydrogen-bond acceptors (Lipinski definition) is 3. The fourth-order valence-corrected chi connectivity index (χ4v) is 3.84. The summed E-state index contributed by atoms with van der Waals surface area (Å²) < 4.78 is 6.27. The van der Waals surface area contributed by atoms with Crippen LogP contribution in [0.1, 0.15) is 81.9 Å². The molecule has 3 nitrogen and oxygen atoms in total. The number of pyridine rings is 1. The number of nitrogens with zero attached hydrogens (tertiary/aromatic N) is 1. The summed E-state index contributed by atoms with van der Waals surface area (Å²) in [4.78, 5) is 4.13. The zero-order valence-corrected chi connectivity index (χ0v) is 15.7. The molecule has 0 bridgehead atoms. The van der Waals surface area contributed by atoms with Gasteiger partial charge in [-0.3, -0.25) is 4.98 Å². The molecule has 2 aromatic rings. The van der Waals surface area contributed by atoms with Gasteiger partial charge >= 0.3 is 0 Å². The molecule has 2 atom stereocenters. The van der Waals surface area contributed by atoms with E-state index in [0.29, 0.717) is 11.7 Å². The maximum atomic E-state index is 10.8. The Kier molecular flexibility index (Phi) is 5.03. The Morgan fingerprint density at radius 3 is 2.68 bits per heavy atom. The van der Waals surface area contributed by atoms with Gasteiger partial charge in [0.05, 0.1) is 0 Å². The molecule has 0 amide bonds. The van der Waals surface area contributed by atoms with Gasteiger partial charge in [-0.2, -0.15) is 0 Å². The zero-order valence-electron chi connectivity index (χ0n) is 15.7. The van der Waals surface area contributed by atoms with Crippen molar-refractivity contribution in [3.05, 3.63) is 53.3 Å². The third-order valence-electron chi connectivity index (χ3n) is 5.24. The van der Waals surface area contributed by atoms with E-state index in [9.17, 15) is 5.11 Å². The lowest BCUT2D eigenvalue weighted by atomic mass is 9.79. The van der Waals surface area contributed by atoms with Gasteiger partial charge in [-0.1, -0.05) is 26.7 Å². The lowest BCUT2D eigenvalue weighted by molar-refractivity contribution is 0.0762. The summed E-state index contributed by atoms with van der Waals surface area (Å²) in [7, 11) is 0. The first kappa shape index (κ1) is 17.8. The Balaban J connectivity index is 2.03. The summed E-state index contributed by atoms with van der Waals surface area (Å²) in [5, 5.41) is 10.8. The van der Waals surface area contributed by atoms with Crippen LogP contribution in [0.4, 0.5) is 0 Å². The number of hydrogen-bond donors (Lipinski definition) is 1. The summed E-state index contributed by atoms with van der Waals surface area (Å²) in [6.07, 6.45) is 7.99. The molecule has 1 aliphatic heterocycles. The zero-order chi connectivity index (χ0) is 18.0. The van der Waals surface area contributed by atoms with Gasteiger partial charge in [0.25, 0.3) is 0 Å². The quantitative estimate of drug-likeness (QED) is 0.751. The van der Waals surface area contributed by atoms with Crippen LogP contribution < -0.4 is 4.74 Å². The van der Waals surface area contributed by atoms with E-state index < -0.39 is 0 Å². The maximum absolute atomic E-state index is 10.8. The fraction of sp³-hybridized carbons (Fsp3) is 0.500. The topological polar surface area (TPSA) is 42.4 Å². The standard InChI is InChI=1S/C22H29NO2/c1-5-6-7-15(2)17-12-19(24)21-18(16-8-10-23-11-9-16)14-22(3,4)25-20(21)13-17/h8-13,15,18,24H,5-7,14H2,1-4H3. The van der Waals surface area contributed by atoms with Crippen molar-refractivity contribution in [2.75, 3.05) is 0 Å². The molecule has 0 radical (unpaired) electrons. The normalized spacial score (nSPS) is 19.8. The second-order valence-corrected chi connectivity index (χ2v) is 7.89. The van der Waals surface area contributed by atoms with Crippen LogP contribution >= 0.6 is 0 Å². The highest BCUT2D eigenvalue weighted by molar-refractivity contribution is 5.54. The summed E-state index contributed by atoms with van der Waals surface area (Å²) in [5.74, 6) is 1.73. The van der Waals surface area contributed by atoms with Gasteiger partial charge in [-0.05, 0) is 68.0 Å². The van der Waals surface area contributed by atoms with E-state index in [1.165, 1.54) is 18.4 Å². The minimum Gasteiger partial charge on any atom is -0.507 e. The Labute approximate surface area is 151 Å². The number of aromatic nitrogens is 1. The van der Waals surface area contributed by atoms with E-state index in [1.54, 1.807) is 0 Å². The minimum atomic E-state index is -0.265. The Morgan fingerprint density at radius 1 is 1.28 bits per heavy atom. The first-order chi connectivity index (χ1) is 11.9. The molecule has 2 unspecified atom stereocenters. The van der Waals surface area contributed by atoms with E-state index in [0.717, 1.165) is 29.7 Å². The van der Waals surface area contributed by atoms with Gasteiger partial charge < -0.3 is 9.84 Å². The molecular formula is C22H29NO2. The number of phenolic OH excluding ortho intramolecular Hbond substituents is 1. The predicted molar refractivity (Wildman–Crippen MR) is 101 cm³/mol. The van der Waals surface area contributed by atoms with Crippen molar-refractivity contribution < 1.29 is 9.84 Å². The average Bonchev–Trinajstić information content (AvgIpc) is 2.58. The lowest BCUT2D eigenvalue weighted by Crippen LogP contribution is -2.35. The molecule has 1 aromatic carbocycles. The largest absolute Gasteiger partial charge is 0.507 e. The first-order valence-electron chi connectivity index (χ1n) is 9.37. The second-order valence-electron chi connectivity index (χ2n) is 7.89. The highest BCUT2D eigenvalue weighted by atomic mass is 16.5. The van der Waals surface area contributed by atoms with E-state index in [-0.39, 0.29) is 11.5 Å². The molecular weight excluding hydrogens is 310 g/mol. The molecule has 1 aliphatic rings. The Morgan fingerprint density at radius 2 is 2.00 bits per heavy atom. The number of aromatic hydroxyl groups is 1. The molecule has 25 heavy (non-hydrogen) atoms. The summed E-state index contributed by atoms with van der Waals surface area (Å²) in [5.41, 5.74) is 2.99. The van der Waals surface area contributed by atoms with Crippen molar-refractivity contribution in [3.63, 3.8) is 0 Å². The minimum absolute atomic E-state index is 0.127. The van der Waals surface area contributed by atoms with Gasteiger partial charge in [0.1, 0.15) is 17.1 Å². The third-order valence-corrected chi connectivity index (χ3v) is 5.24. The van der Waals surface area contributed by atoms with Gasteiger partial charge in [0.15, 0.2) is 0 Å². The molecule has 1 aromatic heterocycles. The highest BCUT2D eigenvalue weighted by Gasteiger charge is 2.37. The molecule has 0 aliphatic carbocycles. The molecule has 0 fully saturated rings. The van der Waals surface area contributed by atoms with Gasteiger partial charge in [0, 0.05) is 23.9 Å². The van der Waals surface area contributed by atoms with Gasteiger partial charge in [-0.25, -0.2) is 0 Å². The van der Waals surface area contributed by atoms with Crippen molar-refractivity contribution in [1.82, 2.24) is 4.98 Å². The number of benzene rings is 1. The van der Waals surface area contributed by atoms with Crippen LogP contribution in [0.3, 0.4) is 0 Å². The van der Waals surface area contributed by atoms with Crippen molar-refractivity contribution in [3.8, 4) is 11.5 Å². The van der Waals surface area contributed by atoms with Gasteiger partial charge in [-0.15, -0.1) is 0 Å². The van der Waals surface area contributed by atoms with Crippen molar-refractivity contribution >= 4 is 0 Å². The van der Waals surface area contributed by atoms with Crippen LogP contribution in [-0.4, -0.2) is 15.7 Å². The van der Waals surface area contributed by atoms with Crippen LogP contribution in [0.25, 0.3) is 0 Å². The molecule has 2 heterocycles. The molecule has 134 valence electrons. The van der Waals surface area contributed by atoms with Crippen molar-refractivity contribution in [2.45, 2.75) is 70.8 Å². The second kappa shape index (κ2) is 7.07. The lowest BCUT2D eigenvalue weighted by Gasteiger charge is -2.38. The molecule has 3 heteroatoms. The summed E-state index contributed by atoms with van der Waals surface area (Å²) in [6, 6.07) is 8.15. The van der Waals surface area contributed by atoms with Crippen LogP contribution in [-0.2, 0) is 0 Å². The van der Waals surface area contributed by atoms with E-state index in [1.807, 2.05) is 30.6 Å². The Bertz CT molecular complexity index is 724. The summed E-state index contributed by atoms with van der Waals surface area (Å²) in [6.45, 7) is 8.68. The number of unbranched alkanes of at least 4 members (excludes halogenated alkanes) is 1. The van der Waals surface area contributed by atoms with Crippen LogP contribution in [0, 0.1) is 0 Å². The Hall–Kier alpha value is -2.03. The first-order valence-corrected chi connectivity index (χ1v) is 9.37. The van der Waals surface area contributed by atoms with Crippen LogP contribution in [0.5, 0.6) is 11.5 Å². The SMILES string of the molecule is CCCCC(C)c1cc(O)c2c(c1)OC(C)(C)CC2c1ccncc1. The number of rotatable bonds is 5. The predicted octanol–water partition coefficient (Wildman–Crippen LogP) is 5.77. The molecule has 1 N–H and O–H groups in total. The van der Waals surface area contributed by atoms with E-state index >= 15 is 0 Å².